The number of pyridine rings is 1. The highest BCUT2D eigenvalue weighted by molar-refractivity contribution is 5.49. The largest absolute Gasteiger partial charge is 0.490 e. The van der Waals surface area contributed by atoms with Crippen LogP contribution in [0.4, 0.5) is 5.82 Å². The molecule has 1 aromatic rings. The minimum Gasteiger partial charge on any atom is -0.490 e. The fourth-order valence-electron chi connectivity index (χ4n) is 2.12. The Morgan fingerprint density at radius 1 is 1.50 bits per heavy atom. The average molecular weight is 249 g/mol. The minimum absolute atomic E-state index is 0.411. The fraction of sp³-hybridized carbons (Fsp3) is 0.643. The normalized spacial score (nSPS) is 16.3. The Morgan fingerprint density at radius 3 is 3.00 bits per heavy atom. The number of anilines is 1. The maximum absolute atomic E-state index is 5.68. The second-order valence-corrected chi connectivity index (χ2v) is 5.09. The summed E-state index contributed by atoms with van der Waals surface area (Å²) in [5.41, 5.74) is 6.06. The summed E-state index contributed by atoms with van der Waals surface area (Å²) in [7, 11) is 0. The predicted molar refractivity (Wildman–Crippen MR) is 73.9 cm³/mol. The van der Waals surface area contributed by atoms with Gasteiger partial charge in [-0.05, 0) is 49.8 Å². The lowest BCUT2D eigenvalue weighted by atomic mass is 10.0. The minimum atomic E-state index is 0.411. The van der Waals surface area contributed by atoms with Crippen molar-refractivity contribution in [2.75, 3.05) is 25.0 Å². The third kappa shape index (κ3) is 3.35. The molecule has 0 aromatic carbocycles. The summed E-state index contributed by atoms with van der Waals surface area (Å²) < 4.78 is 5.68. The smallest absolute Gasteiger partial charge is 0.168 e. The highest BCUT2D eigenvalue weighted by Gasteiger charge is 2.41. The summed E-state index contributed by atoms with van der Waals surface area (Å²) in [6.45, 7) is 4.55. The van der Waals surface area contributed by atoms with Crippen molar-refractivity contribution in [3.05, 3.63) is 18.3 Å². The zero-order valence-corrected chi connectivity index (χ0v) is 11.1. The molecule has 0 amide bonds. The first-order valence-corrected chi connectivity index (χ1v) is 6.81. The maximum atomic E-state index is 5.68. The van der Waals surface area contributed by atoms with Crippen LogP contribution in [0.1, 0.15) is 32.6 Å². The molecule has 2 rings (SSSR count). The van der Waals surface area contributed by atoms with Crippen molar-refractivity contribution >= 4 is 5.82 Å². The summed E-state index contributed by atoms with van der Waals surface area (Å²) >= 11 is 0. The number of ether oxygens (including phenoxy) is 1. The zero-order valence-electron chi connectivity index (χ0n) is 11.1. The molecule has 0 atom stereocenters. The number of nitrogens with zero attached hydrogens (tertiary/aromatic N) is 1. The molecule has 4 heteroatoms. The van der Waals surface area contributed by atoms with E-state index in [2.05, 4.69) is 17.2 Å². The van der Waals surface area contributed by atoms with E-state index in [1.165, 1.54) is 12.8 Å². The van der Waals surface area contributed by atoms with Gasteiger partial charge in [0.05, 0.1) is 6.61 Å². The number of hydrogen-bond acceptors (Lipinski definition) is 4. The van der Waals surface area contributed by atoms with Gasteiger partial charge in [0.1, 0.15) is 0 Å². The number of nitrogens with one attached hydrogen (secondary N) is 1. The molecule has 1 fully saturated rings. The molecule has 4 nitrogen and oxygen atoms in total. The van der Waals surface area contributed by atoms with Crippen molar-refractivity contribution in [2.24, 2.45) is 11.1 Å². The van der Waals surface area contributed by atoms with E-state index in [-0.39, 0.29) is 0 Å². The molecule has 3 N–H and O–H groups in total. The first-order valence-electron chi connectivity index (χ1n) is 6.81. The highest BCUT2D eigenvalue weighted by Crippen LogP contribution is 2.48. The lowest BCUT2D eigenvalue weighted by Gasteiger charge is -2.17. The average Bonchev–Trinajstić information content (AvgIpc) is 3.16. The summed E-state index contributed by atoms with van der Waals surface area (Å²) in [4.78, 5) is 4.36. The van der Waals surface area contributed by atoms with Gasteiger partial charge in [0.15, 0.2) is 11.6 Å². The highest BCUT2D eigenvalue weighted by atomic mass is 16.5. The lowest BCUT2D eigenvalue weighted by Crippen LogP contribution is -2.20. The van der Waals surface area contributed by atoms with Gasteiger partial charge in [-0.25, -0.2) is 4.98 Å². The molecule has 18 heavy (non-hydrogen) atoms. The van der Waals surface area contributed by atoms with E-state index < -0.39 is 0 Å². The van der Waals surface area contributed by atoms with Gasteiger partial charge < -0.3 is 15.8 Å². The number of nitrogens with two attached hydrogens (primary N) is 1. The molecule has 0 unspecified atom stereocenters. The van der Waals surface area contributed by atoms with Gasteiger partial charge in [0, 0.05) is 12.7 Å². The first-order chi connectivity index (χ1) is 8.79. The second kappa shape index (κ2) is 6.05. The van der Waals surface area contributed by atoms with Gasteiger partial charge in [-0.1, -0.05) is 6.92 Å². The number of rotatable bonds is 8. The van der Waals surface area contributed by atoms with Crippen molar-refractivity contribution in [2.45, 2.75) is 32.6 Å². The Hall–Kier alpha value is -1.29. The predicted octanol–water partition coefficient (Wildman–Crippen LogP) is 2.41. The third-order valence-corrected chi connectivity index (χ3v) is 3.49. The van der Waals surface area contributed by atoms with Crippen molar-refractivity contribution < 1.29 is 4.74 Å². The molecule has 0 aliphatic heterocycles. The summed E-state index contributed by atoms with van der Waals surface area (Å²) in [5, 5.41) is 3.42. The molecule has 1 saturated carbocycles. The molecule has 100 valence electrons. The van der Waals surface area contributed by atoms with E-state index in [4.69, 9.17) is 10.5 Å². The van der Waals surface area contributed by atoms with Crippen LogP contribution < -0.4 is 15.8 Å². The monoisotopic (exact) mass is 249 g/mol. The van der Waals surface area contributed by atoms with Crippen molar-refractivity contribution in [3.8, 4) is 5.75 Å². The Labute approximate surface area is 109 Å². The summed E-state index contributed by atoms with van der Waals surface area (Å²) in [6, 6.07) is 3.87. The van der Waals surface area contributed by atoms with Crippen molar-refractivity contribution in [1.29, 1.82) is 0 Å². The molecular weight excluding hydrogens is 226 g/mol. The Bertz CT molecular complexity index is 377. The van der Waals surface area contributed by atoms with Crippen LogP contribution in [0.15, 0.2) is 18.3 Å². The van der Waals surface area contributed by atoms with Crippen molar-refractivity contribution in [3.63, 3.8) is 0 Å². The Morgan fingerprint density at radius 2 is 2.33 bits per heavy atom. The molecule has 0 spiro atoms. The molecule has 0 bridgehead atoms. The standard InChI is InChI=1S/C14H23N3O/c1-2-10-18-12-4-3-9-16-13(12)17-11-14(5-6-14)7-8-15/h3-4,9H,2,5-8,10-11,15H2,1H3,(H,16,17). The van der Waals surface area contributed by atoms with Gasteiger partial charge in [-0.3, -0.25) is 0 Å². The molecule has 1 aliphatic rings. The van der Waals surface area contributed by atoms with E-state index in [0.717, 1.165) is 44.1 Å². The Balaban J connectivity index is 1.92. The van der Waals surface area contributed by atoms with Gasteiger partial charge >= 0.3 is 0 Å². The Kier molecular flexibility index (Phi) is 4.42. The summed E-state index contributed by atoms with van der Waals surface area (Å²) in [6.07, 6.45) is 6.44. The van der Waals surface area contributed by atoms with Gasteiger partial charge in [-0.15, -0.1) is 0 Å². The van der Waals surface area contributed by atoms with Crippen LogP contribution in [-0.4, -0.2) is 24.7 Å². The van der Waals surface area contributed by atoms with Crippen LogP contribution in [-0.2, 0) is 0 Å². The summed E-state index contributed by atoms with van der Waals surface area (Å²) in [5.74, 6) is 1.71. The number of hydrogen-bond donors (Lipinski definition) is 2. The van der Waals surface area contributed by atoms with Crippen LogP contribution >= 0.6 is 0 Å². The first kappa shape index (κ1) is 13.1. The van der Waals surface area contributed by atoms with Gasteiger partial charge in [0.25, 0.3) is 0 Å². The van der Waals surface area contributed by atoms with E-state index in [1.54, 1.807) is 6.20 Å². The van der Waals surface area contributed by atoms with Crippen molar-refractivity contribution in [1.82, 2.24) is 4.98 Å². The van der Waals surface area contributed by atoms with E-state index in [9.17, 15) is 0 Å². The van der Waals surface area contributed by atoms with Gasteiger partial charge in [0.2, 0.25) is 0 Å². The van der Waals surface area contributed by atoms with Crippen LogP contribution in [0, 0.1) is 5.41 Å². The van der Waals surface area contributed by atoms with Crippen LogP contribution in [0.25, 0.3) is 0 Å². The topological polar surface area (TPSA) is 60.2 Å². The maximum Gasteiger partial charge on any atom is 0.168 e. The molecule has 0 saturated heterocycles. The second-order valence-electron chi connectivity index (χ2n) is 5.09. The lowest BCUT2D eigenvalue weighted by molar-refractivity contribution is 0.317. The van der Waals surface area contributed by atoms with E-state index in [1.807, 2.05) is 12.1 Å². The van der Waals surface area contributed by atoms with Crippen LogP contribution in [0.5, 0.6) is 5.75 Å². The SMILES string of the molecule is CCCOc1cccnc1NCC1(CCN)CC1. The molecule has 1 aliphatic carbocycles. The molecular formula is C14H23N3O. The number of aromatic nitrogens is 1. The van der Waals surface area contributed by atoms with Crippen LogP contribution in [0.2, 0.25) is 0 Å². The third-order valence-electron chi connectivity index (χ3n) is 3.49. The molecule has 0 radical (unpaired) electrons. The molecule has 1 aromatic heterocycles. The van der Waals surface area contributed by atoms with E-state index >= 15 is 0 Å². The molecule has 1 heterocycles. The van der Waals surface area contributed by atoms with Crippen LogP contribution in [0.3, 0.4) is 0 Å². The zero-order chi connectivity index (χ0) is 12.8. The van der Waals surface area contributed by atoms with E-state index in [0.29, 0.717) is 5.41 Å². The van der Waals surface area contributed by atoms with Gasteiger partial charge in [-0.2, -0.15) is 0 Å². The fourth-order valence-corrected chi connectivity index (χ4v) is 2.12. The quantitative estimate of drug-likeness (QED) is 0.742.